The number of hydrogen-bond acceptors (Lipinski definition) is 2. The Bertz CT molecular complexity index is 1390. The summed E-state index contributed by atoms with van der Waals surface area (Å²) in [7, 11) is 0. The van der Waals surface area contributed by atoms with Crippen molar-refractivity contribution in [2.24, 2.45) is 56.7 Å². The van der Waals surface area contributed by atoms with Gasteiger partial charge in [-0.3, -0.25) is 4.79 Å². The lowest BCUT2D eigenvalue weighted by atomic mass is 9.32. The maximum absolute atomic E-state index is 12.9. The first kappa shape index (κ1) is 30.0. The fourth-order valence-electron chi connectivity index (χ4n) is 12.5. The molecular formula is C37H49ClO4. The predicted molar refractivity (Wildman–Crippen MR) is 168 cm³/mol. The fourth-order valence-corrected chi connectivity index (χ4v) is 12.7. The summed E-state index contributed by atoms with van der Waals surface area (Å²) in [6.07, 6.45) is 11.6. The Labute approximate surface area is 257 Å². The number of aliphatic carboxylic acids is 1. The monoisotopic (exact) mass is 592 g/mol. The molecule has 0 bridgehead atoms. The van der Waals surface area contributed by atoms with Gasteiger partial charge in [-0.2, -0.15) is 0 Å². The quantitative estimate of drug-likeness (QED) is 0.341. The largest absolute Gasteiger partial charge is 0.481 e. The van der Waals surface area contributed by atoms with Crippen molar-refractivity contribution in [2.45, 2.75) is 99.3 Å². The molecule has 0 heterocycles. The lowest BCUT2D eigenvalue weighted by Crippen LogP contribution is -2.65. The molecule has 0 radical (unpaired) electrons. The second kappa shape index (κ2) is 9.46. The highest BCUT2D eigenvalue weighted by Crippen LogP contribution is 2.77. The van der Waals surface area contributed by atoms with Crippen LogP contribution in [0.1, 0.15) is 115 Å². The second-order valence-corrected chi connectivity index (χ2v) is 16.6. The third-order valence-electron chi connectivity index (χ3n) is 14.6. The Balaban J connectivity index is 1.38. The van der Waals surface area contributed by atoms with Crippen LogP contribution in [0.3, 0.4) is 0 Å². The van der Waals surface area contributed by atoms with E-state index in [1.807, 2.05) is 12.1 Å². The molecule has 0 aromatic heterocycles. The zero-order chi connectivity index (χ0) is 30.6. The number of hydrogen-bond donors (Lipinski definition) is 2. The van der Waals surface area contributed by atoms with Gasteiger partial charge in [-0.1, -0.05) is 70.5 Å². The standard InChI is InChI=1S/C37H49ClO4/c1-21(2)23-12-17-37(32(41)42)19-18-35(6)26(30(23)37)10-11-29-34(5)15-13-25(22-8-9-24(31(39)40)27(38)20-22)33(3,4)28(34)14-16-36(29,35)7/h8-9,13,20,23,26,28-30H,1,10-12,14-19H2,2-7H3,(H,39,40)(H,41,42). The van der Waals surface area contributed by atoms with E-state index < -0.39 is 17.4 Å². The van der Waals surface area contributed by atoms with Crippen LogP contribution in [0.15, 0.2) is 36.4 Å². The van der Waals surface area contributed by atoms with Crippen LogP contribution in [-0.4, -0.2) is 22.2 Å². The van der Waals surface area contributed by atoms with Gasteiger partial charge in [0.05, 0.1) is 16.0 Å². The van der Waals surface area contributed by atoms with Crippen LogP contribution in [0.5, 0.6) is 0 Å². The number of allylic oxidation sites excluding steroid dienone is 3. The second-order valence-electron chi connectivity index (χ2n) is 16.2. The minimum atomic E-state index is -0.998. The van der Waals surface area contributed by atoms with Gasteiger partial charge in [-0.05, 0) is 139 Å². The molecule has 2 N–H and O–H groups in total. The van der Waals surface area contributed by atoms with Gasteiger partial charge < -0.3 is 10.2 Å². The van der Waals surface area contributed by atoms with Crippen molar-refractivity contribution in [3.05, 3.63) is 52.6 Å². The van der Waals surface area contributed by atoms with Crippen LogP contribution in [0, 0.1) is 56.7 Å². The fraction of sp³-hybridized carbons (Fsp3) is 0.676. The van der Waals surface area contributed by atoms with Crippen LogP contribution >= 0.6 is 11.6 Å². The van der Waals surface area contributed by atoms with E-state index in [0.29, 0.717) is 28.7 Å². The number of carbonyl (C=O) groups is 2. The number of rotatable bonds is 4. The van der Waals surface area contributed by atoms with Crippen molar-refractivity contribution in [3.8, 4) is 0 Å². The zero-order valence-electron chi connectivity index (χ0n) is 26.4. The van der Waals surface area contributed by atoms with E-state index >= 15 is 0 Å². The number of aromatic carboxylic acids is 1. The summed E-state index contributed by atoms with van der Waals surface area (Å²) in [5.41, 5.74) is 3.39. The molecule has 9 atom stereocenters. The Morgan fingerprint density at radius 1 is 0.905 bits per heavy atom. The van der Waals surface area contributed by atoms with Crippen molar-refractivity contribution in [1.82, 2.24) is 0 Å². The van der Waals surface area contributed by atoms with Crippen molar-refractivity contribution < 1.29 is 19.8 Å². The maximum Gasteiger partial charge on any atom is 0.337 e. The molecule has 4 nitrogen and oxygen atoms in total. The molecule has 4 fully saturated rings. The first-order valence-electron chi connectivity index (χ1n) is 16.2. The summed E-state index contributed by atoms with van der Waals surface area (Å²) in [6.45, 7) is 19.0. The number of halogens is 1. The highest BCUT2D eigenvalue weighted by molar-refractivity contribution is 6.33. The number of carboxylic acid groups (broad SMARTS) is 2. The van der Waals surface area contributed by atoms with Crippen LogP contribution in [0.25, 0.3) is 5.57 Å². The van der Waals surface area contributed by atoms with Crippen molar-refractivity contribution in [3.63, 3.8) is 0 Å². The predicted octanol–water partition coefficient (Wildman–Crippen LogP) is 9.77. The average molecular weight is 593 g/mol. The third-order valence-corrected chi connectivity index (χ3v) is 14.9. The van der Waals surface area contributed by atoms with Crippen LogP contribution < -0.4 is 0 Å². The van der Waals surface area contributed by atoms with Crippen molar-refractivity contribution in [1.29, 1.82) is 0 Å². The molecule has 0 spiro atoms. The van der Waals surface area contributed by atoms with Crippen LogP contribution in [0.4, 0.5) is 0 Å². The van der Waals surface area contributed by atoms with Crippen molar-refractivity contribution >= 4 is 29.1 Å². The van der Waals surface area contributed by atoms with Gasteiger partial charge in [0, 0.05) is 0 Å². The Hall–Kier alpha value is -2.07. The van der Waals surface area contributed by atoms with E-state index in [4.69, 9.17) is 11.6 Å². The molecule has 1 aromatic carbocycles. The van der Waals surface area contributed by atoms with Gasteiger partial charge in [0.25, 0.3) is 0 Å². The molecule has 0 saturated heterocycles. The molecule has 5 heteroatoms. The maximum atomic E-state index is 12.9. The Morgan fingerprint density at radius 3 is 2.24 bits per heavy atom. The molecule has 4 saturated carbocycles. The topological polar surface area (TPSA) is 74.6 Å². The lowest BCUT2D eigenvalue weighted by Gasteiger charge is -2.72. The number of carboxylic acids is 2. The van der Waals surface area contributed by atoms with E-state index in [-0.39, 0.29) is 33.1 Å². The SMILES string of the molecule is C=C(C)C1CCC2(C(=O)O)CCC3(C)C(CCC4C5(C)CC=C(c6ccc(C(=O)O)c(Cl)c6)C(C)(C)C5CCC43C)C12. The first-order chi connectivity index (χ1) is 19.5. The van der Waals surface area contributed by atoms with Crippen molar-refractivity contribution in [2.75, 3.05) is 0 Å². The minimum Gasteiger partial charge on any atom is -0.481 e. The summed E-state index contributed by atoms with van der Waals surface area (Å²) in [5.74, 6) is 0.440. The van der Waals surface area contributed by atoms with Gasteiger partial charge in [0.2, 0.25) is 0 Å². The lowest BCUT2D eigenvalue weighted by molar-refractivity contribution is -0.227. The van der Waals surface area contributed by atoms with Crippen LogP contribution in [-0.2, 0) is 4.79 Å². The molecule has 1 aromatic rings. The molecule has 9 unspecified atom stereocenters. The molecule has 6 rings (SSSR count). The smallest absolute Gasteiger partial charge is 0.337 e. The zero-order valence-corrected chi connectivity index (χ0v) is 27.1. The highest BCUT2D eigenvalue weighted by atomic mass is 35.5. The Morgan fingerprint density at radius 2 is 1.62 bits per heavy atom. The first-order valence-corrected chi connectivity index (χ1v) is 16.5. The summed E-state index contributed by atoms with van der Waals surface area (Å²) in [5, 5.41) is 20.4. The highest BCUT2D eigenvalue weighted by Gasteiger charge is 2.71. The van der Waals surface area contributed by atoms with Crippen LogP contribution in [0.2, 0.25) is 5.02 Å². The minimum absolute atomic E-state index is 0.0817. The third kappa shape index (κ3) is 3.72. The van der Waals surface area contributed by atoms with E-state index in [2.05, 4.69) is 54.2 Å². The van der Waals surface area contributed by atoms with E-state index in [0.717, 1.165) is 56.9 Å². The summed E-state index contributed by atoms with van der Waals surface area (Å²) in [4.78, 5) is 24.5. The van der Waals surface area contributed by atoms with Gasteiger partial charge in [-0.15, -0.1) is 0 Å². The summed E-state index contributed by atoms with van der Waals surface area (Å²) in [6, 6.07) is 5.42. The number of benzene rings is 1. The van der Waals surface area contributed by atoms with E-state index in [9.17, 15) is 19.8 Å². The molecule has 0 amide bonds. The molecule has 228 valence electrons. The Kier molecular flexibility index (Phi) is 6.75. The average Bonchev–Trinajstić information content (AvgIpc) is 3.30. The molecule has 0 aliphatic heterocycles. The van der Waals surface area contributed by atoms with Gasteiger partial charge in [-0.25, -0.2) is 4.79 Å². The summed E-state index contributed by atoms with van der Waals surface area (Å²) < 4.78 is 0. The van der Waals surface area contributed by atoms with E-state index in [1.54, 1.807) is 6.07 Å². The number of fused-ring (bicyclic) bond motifs is 7. The van der Waals surface area contributed by atoms with Gasteiger partial charge in [0.15, 0.2) is 0 Å². The molecule has 42 heavy (non-hydrogen) atoms. The summed E-state index contributed by atoms with van der Waals surface area (Å²) >= 11 is 6.44. The molecular weight excluding hydrogens is 544 g/mol. The van der Waals surface area contributed by atoms with Gasteiger partial charge >= 0.3 is 11.9 Å². The van der Waals surface area contributed by atoms with E-state index in [1.165, 1.54) is 17.6 Å². The molecule has 5 aliphatic rings. The molecule has 5 aliphatic carbocycles. The van der Waals surface area contributed by atoms with Gasteiger partial charge in [0.1, 0.15) is 0 Å². The normalized spacial score (nSPS) is 43.7.